The number of rotatable bonds is 5. The molecular formula is C16H21NO4. The van der Waals surface area contributed by atoms with Crippen LogP contribution >= 0.6 is 0 Å². The lowest BCUT2D eigenvalue weighted by Gasteiger charge is -2.36. The SMILES string of the molecule is COC(=O)C1(CCCO)CCCN1C(=O)c1ccccc1. The van der Waals surface area contributed by atoms with Gasteiger partial charge in [-0.1, -0.05) is 18.2 Å². The second-order valence-corrected chi connectivity index (χ2v) is 5.28. The number of aliphatic hydroxyl groups is 1. The van der Waals surface area contributed by atoms with Gasteiger partial charge in [0, 0.05) is 18.7 Å². The molecule has 5 nitrogen and oxygen atoms in total. The van der Waals surface area contributed by atoms with Crippen molar-refractivity contribution < 1.29 is 19.4 Å². The summed E-state index contributed by atoms with van der Waals surface area (Å²) in [5.74, 6) is -0.547. The summed E-state index contributed by atoms with van der Waals surface area (Å²) in [5, 5.41) is 9.08. The van der Waals surface area contributed by atoms with E-state index >= 15 is 0 Å². The van der Waals surface area contributed by atoms with Crippen LogP contribution in [-0.2, 0) is 9.53 Å². The minimum atomic E-state index is -0.940. The lowest BCUT2D eigenvalue weighted by molar-refractivity contribution is -0.152. The Kier molecular flexibility index (Phi) is 4.96. The van der Waals surface area contributed by atoms with Gasteiger partial charge in [0.15, 0.2) is 0 Å². The lowest BCUT2D eigenvalue weighted by atomic mass is 9.90. The molecule has 0 spiro atoms. The van der Waals surface area contributed by atoms with E-state index in [1.54, 1.807) is 29.2 Å². The average Bonchev–Trinajstić information content (AvgIpc) is 2.97. The number of benzene rings is 1. The Hall–Kier alpha value is -1.88. The number of carbonyl (C=O) groups excluding carboxylic acids is 2. The van der Waals surface area contributed by atoms with E-state index in [0.717, 1.165) is 6.42 Å². The first-order valence-corrected chi connectivity index (χ1v) is 7.22. The van der Waals surface area contributed by atoms with E-state index in [0.29, 0.717) is 31.4 Å². The predicted molar refractivity (Wildman–Crippen MR) is 77.8 cm³/mol. The molecule has 1 heterocycles. The zero-order valence-electron chi connectivity index (χ0n) is 12.2. The molecule has 2 rings (SSSR count). The molecule has 0 aromatic heterocycles. The van der Waals surface area contributed by atoms with E-state index in [9.17, 15) is 9.59 Å². The number of likely N-dealkylation sites (tertiary alicyclic amines) is 1. The Bertz CT molecular complexity index is 502. The number of ether oxygens (including phenoxy) is 1. The third-order valence-electron chi connectivity index (χ3n) is 4.07. The molecule has 1 unspecified atom stereocenters. The van der Waals surface area contributed by atoms with E-state index in [1.165, 1.54) is 7.11 Å². The topological polar surface area (TPSA) is 66.8 Å². The summed E-state index contributed by atoms with van der Waals surface area (Å²) in [7, 11) is 1.34. The standard InChI is InChI=1S/C16H21NO4/c1-21-15(20)16(10-6-12-18)9-5-11-17(16)14(19)13-7-3-2-4-8-13/h2-4,7-8,18H,5-6,9-12H2,1H3. The number of hydrogen-bond donors (Lipinski definition) is 1. The van der Waals surface area contributed by atoms with Crippen molar-refractivity contribution in [3.05, 3.63) is 35.9 Å². The number of methoxy groups -OCH3 is 1. The van der Waals surface area contributed by atoms with Gasteiger partial charge in [-0.3, -0.25) is 4.79 Å². The summed E-state index contributed by atoms with van der Waals surface area (Å²) < 4.78 is 4.94. The fourth-order valence-corrected chi connectivity index (χ4v) is 3.05. The molecule has 1 aromatic rings. The van der Waals surface area contributed by atoms with Crippen molar-refractivity contribution in [3.8, 4) is 0 Å². The van der Waals surface area contributed by atoms with Crippen molar-refractivity contribution in [3.63, 3.8) is 0 Å². The third-order valence-corrected chi connectivity index (χ3v) is 4.07. The number of carbonyl (C=O) groups is 2. The number of esters is 1. The Morgan fingerprint density at radius 1 is 1.33 bits per heavy atom. The molecule has 1 aliphatic rings. The second kappa shape index (κ2) is 6.72. The zero-order valence-corrected chi connectivity index (χ0v) is 12.2. The van der Waals surface area contributed by atoms with Crippen LogP contribution in [0, 0.1) is 0 Å². The smallest absolute Gasteiger partial charge is 0.331 e. The van der Waals surface area contributed by atoms with Gasteiger partial charge in [0.05, 0.1) is 7.11 Å². The van der Waals surface area contributed by atoms with Crippen molar-refractivity contribution in [2.45, 2.75) is 31.2 Å². The van der Waals surface area contributed by atoms with Crippen LogP contribution in [0.5, 0.6) is 0 Å². The maximum Gasteiger partial charge on any atom is 0.331 e. The van der Waals surface area contributed by atoms with Gasteiger partial charge in [-0.05, 0) is 37.8 Å². The van der Waals surface area contributed by atoms with Crippen LogP contribution in [0.2, 0.25) is 0 Å². The first kappa shape index (κ1) is 15.5. The van der Waals surface area contributed by atoms with Gasteiger partial charge in [0.2, 0.25) is 0 Å². The first-order chi connectivity index (χ1) is 10.2. The Labute approximate surface area is 124 Å². The molecule has 0 radical (unpaired) electrons. The van der Waals surface area contributed by atoms with E-state index in [2.05, 4.69) is 0 Å². The highest BCUT2D eigenvalue weighted by atomic mass is 16.5. The second-order valence-electron chi connectivity index (χ2n) is 5.28. The van der Waals surface area contributed by atoms with Gasteiger partial charge in [-0.2, -0.15) is 0 Å². The first-order valence-electron chi connectivity index (χ1n) is 7.22. The largest absolute Gasteiger partial charge is 0.467 e. The third kappa shape index (κ3) is 2.93. The fourth-order valence-electron chi connectivity index (χ4n) is 3.05. The van der Waals surface area contributed by atoms with E-state index in [1.807, 2.05) is 6.07 Å². The molecule has 0 saturated carbocycles. The minimum absolute atomic E-state index is 0.00783. The molecular weight excluding hydrogens is 270 g/mol. The summed E-state index contributed by atoms with van der Waals surface area (Å²) in [5.41, 5.74) is -0.374. The summed E-state index contributed by atoms with van der Waals surface area (Å²) >= 11 is 0. The lowest BCUT2D eigenvalue weighted by Crippen LogP contribution is -2.53. The van der Waals surface area contributed by atoms with Crippen molar-refractivity contribution in [1.82, 2.24) is 4.90 Å². The van der Waals surface area contributed by atoms with E-state index < -0.39 is 11.5 Å². The predicted octanol–water partition coefficient (Wildman–Crippen LogP) is 1.61. The molecule has 5 heteroatoms. The van der Waals surface area contributed by atoms with Crippen LogP contribution in [0.3, 0.4) is 0 Å². The molecule has 1 saturated heterocycles. The summed E-state index contributed by atoms with van der Waals surface area (Å²) in [6.45, 7) is 0.528. The van der Waals surface area contributed by atoms with Gasteiger partial charge in [-0.25, -0.2) is 4.79 Å². The summed E-state index contributed by atoms with van der Waals surface area (Å²) in [6, 6.07) is 8.94. The normalized spacial score (nSPS) is 21.3. The Morgan fingerprint density at radius 2 is 2.05 bits per heavy atom. The molecule has 21 heavy (non-hydrogen) atoms. The Balaban J connectivity index is 2.31. The molecule has 0 aliphatic carbocycles. The van der Waals surface area contributed by atoms with Crippen LogP contribution in [-0.4, -0.2) is 47.7 Å². The molecule has 1 amide bonds. The highest BCUT2D eigenvalue weighted by Gasteiger charge is 2.50. The maximum absolute atomic E-state index is 12.7. The highest BCUT2D eigenvalue weighted by Crippen LogP contribution is 2.36. The van der Waals surface area contributed by atoms with Gasteiger partial charge < -0.3 is 14.7 Å². The van der Waals surface area contributed by atoms with Crippen LogP contribution in [0.25, 0.3) is 0 Å². The minimum Gasteiger partial charge on any atom is -0.467 e. The van der Waals surface area contributed by atoms with Crippen LogP contribution in [0.1, 0.15) is 36.0 Å². The summed E-state index contributed by atoms with van der Waals surface area (Å²) in [4.78, 5) is 26.6. The monoisotopic (exact) mass is 291 g/mol. The van der Waals surface area contributed by atoms with Gasteiger partial charge in [-0.15, -0.1) is 0 Å². The molecule has 1 fully saturated rings. The van der Waals surface area contributed by atoms with Gasteiger partial charge in [0.1, 0.15) is 5.54 Å². The quantitative estimate of drug-likeness (QED) is 0.837. The number of nitrogens with zero attached hydrogens (tertiary/aromatic N) is 1. The van der Waals surface area contributed by atoms with Crippen LogP contribution in [0.4, 0.5) is 0 Å². The highest BCUT2D eigenvalue weighted by molar-refractivity contribution is 5.98. The molecule has 1 atom stereocenters. The molecule has 1 aliphatic heterocycles. The van der Waals surface area contributed by atoms with Crippen molar-refractivity contribution in [1.29, 1.82) is 0 Å². The number of amides is 1. The van der Waals surface area contributed by atoms with Crippen LogP contribution < -0.4 is 0 Å². The van der Waals surface area contributed by atoms with Gasteiger partial charge in [0.25, 0.3) is 5.91 Å². The molecule has 1 aromatic carbocycles. The molecule has 1 N–H and O–H groups in total. The Morgan fingerprint density at radius 3 is 2.67 bits per heavy atom. The number of aliphatic hydroxyl groups excluding tert-OH is 1. The number of hydrogen-bond acceptors (Lipinski definition) is 4. The molecule has 114 valence electrons. The maximum atomic E-state index is 12.7. The van der Waals surface area contributed by atoms with Crippen molar-refractivity contribution >= 4 is 11.9 Å². The fraction of sp³-hybridized carbons (Fsp3) is 0.500. The van der Waals surface area contributed by atoms with E-state index in [4.69, 9.17) is 9.84 Å². The van der Waals surface area contributed by atoms with E-state index in [-0.39, 0.29) is 12.5 Å². The average molecular weight is 291 g/mol. The summed E-state index contributed by atoms with van der Waals surface area (Å²) in [6.07, 6.45) is 2.24. The zero-order chi connectivity index (χ0) is 15.3. The van der Waals surface area contributed by atoms with Crippen LogP contribution in [0.15, 0.2) is 30.3 Å². The van der Waals surface area contributed by atoms with Gasteiger partial charge >= 0.3 is 5.97 Å². The van der Waals surface area contributed by atoms with Crippen molar-refractivity contribution in [2.24, 2.45) is 0 Å². The van der Waals surface area contributed by atoms with Crippen molar-refractivity contribution in [2.75, 3.05) is 20.3 Å². The molecule has 0 bridgehead atoms.